The van der Waals surface area contributed by atoms with Gasteiger partial charge in [0.2, 0.25) is 11.0 Å². The fourth-order valence-electron chi connectivity index (χ4n) is 2.26. The van der Waals surface area contributed by atoms with Crippen molar-refractivity contribution in [3.8, 4) is 0 Å². The highest BCUT2D eigenvalue weighted by molar-refractivity contribution is 7.09. The Morgan fingerprint density at radius 2 is 2.20 bits per heavy atom. The molecule has 2 heterocycles. The minimum absolute atomic E-state index is 0.243. The first-order valence-corrected chi connectivity index (χ1v) is 8.01. The van der Waals surface area contributed by atoms with Crippen LogP contribution in [0, 0.1) is 0 Å². The number of hydrogen-bond donors (Lipinski definition) is 1. The van der Waals surface area contributed by atoms with E-state index in [1.807, 2.05) is 11.9 Å². The monoisotopic (exact) mass is 297 g/mol. The van der Waals surface area contributed by atoms with E-state index >= 15 is 0 Å². The van der Waals surface area contributed by atoms with Crippen molar-refractivity contribution in [1.29, 1.82) is 0 Å². The van der Waals surface area contributed by atoms with Crippen LogP contribution < -0.4 is 10.2 Å². The Morgan fingerprint density at radius 1 is 1.35 bits per heavy atom. The maximum Gasteiger partial charge on any atom is 0.223 e. The predicted molar refractivity (Wildman–Crippen MR) is 81.2 cm³/mol. The van der Waals surface area contributed by atoms with Gasteiger partial charge in [-0.05, 0) is 13.5 Å². The van der Waals surface area contributed by atoms with Gasteiger partial charge in [0, 0.05) is 57.1 Å². The zero-order valence-electron chi connectivity index (χ0n) is 12.3. The zero-order chi connectivity index (χ0) is 14.4. The number of carbonyl (C=O) groups is 1. The maximum absolute atomic E-state index is 12.0. The van der Waals surface area contributed by atoms with Crippen LogP contribution in [0.1, 0.15) is 25.6 Å². The van der Waals surface area contributed by atoms with Gasteiger partial charge in [-0.3, -0.25) is 4.79 Å². The first-order chi connectivity index (χ1) is 9.74. The molecule has 0 atom stereocenters. The SMILES string of the molecule is CCc1nsc(N2CCCN(C(=O)CCNC)CC2)n1. The summed E-state index contributed by atoms with van der Waals surface area (Å²) in [5.41, 5.74) is 0. The lowest BCUT2D eigenvalue weighted by Gasteiger charge is -2.21. The summed E-state index contributed by atoms with van der Waals surface area (Å²) in [6, 6.07) is 0. The molecule has 1 N–H and O–H groups in total. The van der Waals surface area contributed by atoms with E-state index < -0.39 is 0 Å². The van der Waals surface area contributed by atoms with Crippen molar-refractivity contribution >= 4 is 22.6 Å². The van der Waals surface area contributed by atoms with E-state index in [2.05, 4.69) is 26.5 Å². The Kier molecular flexibility index (Phi) is 5.72. The number of nitrogens with one attached hydrogen (secondary N) is 1. The zero-order valence-corrected chi connectivity index (χ0v) is 13.1. The Labute approximate surface area is 124 Å². The molecule has 1 aromatic rings. The summed E-state index contributed by atoms with van der Waals surface area (Å²) < 4.78 is 4.34. The second kappa shape index (κ2) is 7.54. The summed E-state index contributed by atoms with van der Waals surface area (Å²) in [5, 5.41) is 4.01. The lowest BCUT2D eigenvalue weighted by atomic mass is 10.3. The van der Waals surface area contributed by atoms with E-state index in [9.17, 15) is 4.79 Å². The fraction of sp³-hybridized carbons (Fsp3) is 0.769. The Balaban J connectivity index is 1.90. The van der Waals surface area contributed by atoms with Gasteiger partial charge in [-0.15, -0.1) is 0 Å². The van der Waals surface area contributed by atoms with Crippen molar-refractivity contribution in [3.05, 3.63) is 5.82 Å². The molecule has 0 aliphatic carbocycles. The molecular weight excluding hydrogens is 274 g/mol. The largest absolute Gasteiger partial charge is 0.345 e. The van der Waals surface area contributed by atoms with E-state index in [-0.39, 0.29) is 5.91 Å². The van der Waals surface area contributed by atoms with Crippen molar-refractivity contribution in [2.45, 2.75) is 26.2 Å². The molecule has 0 unspecified atom stereocenters. The summed E-state index contributed by atoms with van der Waals surface area (Å²) in [6.45, 7) is 6.24. The van der Waals surface area contributed by atoms with Crippen LogP contribution in [0.4, 0.5) is 5.13 Å². The van der Waals surface area contributed by atoms with Crippen LogP contribution in [0.3, 0.4) is 0 Å². The first kappa shape index (κ1) is 15.2. The summed E-state index contributed by atoms with van der Waals surface area (Å²) in [7, 11) is 1.87. The second-order valence-electron chi connectivity index (χ2n) is 4.92. The van der Waals surface area contributed by atoms with Crippen LogP contribution >= 0.6 is 11.5 Å². The van der Waals surface area contributed by atoms with Crippen molar-refractivity contribution in [1.82, 2.24) is 19.6 Å². The van der Waals surface area contributed by atoms with E-state index in [1.54, 1.807) is 0 Å². The molecule has 1 saturated heterocycles. The molecule has 0 aromatic carbocycles. The molecule has 2 rings (SSSR count). The van der Waals surface area contributed by atoms with Gasteiger partial charge in [-0.2, -0.15) is 4.37 Å². The van der Waals surface area contributed by atoms with Gasteiger partial charge in [-0.1, -0.05) is 6.92 Å². The van der Waals surface area contributed by atoms with Gasteiger partial charge in [0.1, 0.15) is 5.82 Å². The van der Waals surface area contributed by atoms with Crippen molar-refractivity contribution in [2.24, 2.45) is 0 Å². The molecular formula is C13H23N5OS. The quantitative estimate of drug-likeness (QED) is 0.869. The highest BCUT2D eigenvalue weighted by Crippen LogP contribution is 2.19. The fourth-order valence-corrected chi connectivity index (χ4v) is 3.07. The Morgan fingerprint density at radius 3 is 2.90 bits per heavy atom. The number of nitrogens with zero attached hydrogens (tertiary/aromatic N) is 4. The van der Waals surface area contributed by atoms with E-state index in [0.29, 0.717) is 6.42 Å². The minimum Gasteiger partial charge on any atom is -0.345 e. The standard InChI is InChI=1S/C13H23N5OS/c1-3-11-15-13(20-16-11)18-8-4-7-17(9-10-18)12(19)5-6-14-2/h14H,3-10H2,1-2H3. The van der Waals surface area contributed by atoms with Crippen LogP contribution in [0.5, 0.6) is 0 Å². The molecule has 0 bridgehead atoms. The number of aryl methyl sites for hydroxylation is 1. The van der Waals surface area contributed by atoms with E-state index in [1.165, 1.54) is 11.5 Å². The van der Waals surface area contributed by atoms with Crippen LogP contribution in [0.2, 0.25) is 0 Å². The van der Waals surface area contributed by atoms with Crippen molar-refractivity contribution in [3.63, 3.8) is 0 Å². The summed E-state index contributed by atoms with van der Waals surface area (Å²) >= 11 is 1.46. The van der Waals surface area contributed by atoms with Gasteiger partial charge in [0.05, 0.1) is 0 Å². The highest BCUT2D eigenvalue weighted by Gasteiger charge is 2.20. The molecule has 20 heavy (non-hydrogen) atoms. The third-order valence-electron chi connectivity index (χ3n) is 3.48. The molecule has 1 aromatic heterocycles. The predicted octanol–water partition coefficient (Wildman–Crippen LogP) is 0.749. The number of anilines is 1. The molecule has 6 nitrogen and oxygen atoms in total. The molecule has 1 aliphatic rings. The third-order valence-corrected chi connectivity index (χ3v) is 4.30. The van der Waals surface area contributed by atoms with E-state index in [4.69, 9.17) is 0 Å². The van der Waals surface area contributed by atoms with Crippen LogP contribution in [0.15, 0.2) is 0 Å². The maximum atomic E-state index is 12.0. The smallest absolute Gasteiger partial charge is 0.223 e. The molecule has 7 heteroatoms. The van der Waals surface area contributed by atoms with E-state index in [0.717, 1.165) is 56.5 Å². The Hall–Kier alpha value is -1.21. The average molecular weight is 297 g/mol. The van der Waals surface area contributed by atoms with Gasteiger partial charge in [0.15, 0.2) is 0 Å². The lowest BCUT2D eigenvalue weighted by molar-refractivity contribution is -0.130. The Bertz CT molecular complexity index is 436. The molecule has 1 fully saturated rings. The van der Waals surface area contributed by atoms with Crippen LogP contribution in [-0.4, -0.2) is 59.9 Å². The number of amides is 1. The third kappa shape index (κ3) is 3.89. The molecule has 0 radical (unpaired) electrons. The molecule has 0 saturated carbocycles. The summed E-state index contributed by atoms with van der Waals surface area (Å²) in [6.07, 6.45) is 2.45. The number of hydrogen-bond acceptors (Lipinski definition) is 6. The van der Waals surface area contributed by atoms with Crippen molar-refractivity contribution in [2.75, 3.05) is 44.7 Å². The minimum atomic E-state index is 0.243. The average Bonchev–Trinajstić information content (AvgIpc) is 2.81. The summed E-state index contributed by atoms with van der Waals surface area (Å²) in [4.78, 5) is 20.8. The van der Waals surface area contributed by atoms with Gasteiger partial charge < -0.3 is 15.1 Å². The summed E-state index contributed by atoms with van der Waals surface area (Å²) in [5.74, 6) is 1.16. The van der Waals surface area contributed by atoms with Gasteiger partial charge >= 0.3 is 0 Å². The molecule has 1 amide bonds. The number of aromatic nitrogens is 2. The topological polar surface area (TPSA) is 61.4 Å². The number of rotatable bonds is 5. The molecule has 1 aliphatic heterocycles. The number of carbonyl (C=O) groups excluding carboxylic acids is 1. The van der Waals surface area contributed by atoms with Gasteiger partial charge in [0.25, 0.3) is 0 Å². The second-order valence-corrected chi connectivity index (χ2v) is 5.65. The van der Waals surface area contributed by atoms with Crippen LogP contribution in [-0.2, 0) is 11.2 Å². The first-order valence-electron chi connectivity index (χ1n) is 7.24. The van der Waals surface area contributed by atoms with Gasteiger partial charge in [-0.25, -0.2) is 4.98 Å². The van der Waals surface area contributed by atoms with Crippen molar-refractivity contribution < 1.29 is 4.79 Å². The highest BCUT2D eigenvalue weighted by atomic mass is 32.1. The normalized spacial score (nSPS) is 16.3. The molecule has 0 spiro atoms. The molecule has 112 valence electrons. The van der Waals surface area contributed by atoms with Crippen LogP contribution in [0.25, 0.3) is 0 Å². The lowest BCUT2D eigenvalue weighted by Crippen LogP contribution is -2.36.